The molecule has 2 amide bonds. The van der Waals surface area contributed by atoms with E-state index in [9.17, 15) is 9.59 Å². The van der Waals surface area contributed by atoms with E-state index in [0.29, 0.717) is 5.82 Å². The van der Waals surface area contributed by atoms with Crippen LogP contribution in [0.15, 0.2) is 18.3 Å². The summed E-state index contributed by atoms with van der Waals surface area (Å²) in [5.41, 5.74) is 6.73. The van der Waals surface area contributed by atoms with Crippen LogP contribution in [0.1, 0.15) is 25.5 Å². The number of rotatable bonds is 2. The average Bonchev–Trinajstić information content (AvgIpc) is 2.34. The molecule has 1 aliphatic heterocycles. The number of nitrogens with one attached hydrogen (secondary N) is 1. The number of anilines is 1. The van der Waals surface area contributed by atoms with Crippen molar-refractivity contribution in [2.45, 2.75) is 25.9 Å². The molecule has 0 radical (unpaired) electrons. The van der Waals surface area contributed by atoms with Crippen molar-refractivity contribution in [3.8, 4) is 0 Å². The smallest absolute Gasteiger partial charge is 0.249 e. The predicted octanol–water partition coefficient (Wildman–Crippen LogP) is -0.0474. The lowest BCUT2D eigenvalue weighted by Crippen LogP contribution is -2.57. The van der Waals surface area contributed by atoms with Crippen molar-refractivity contribution < 1.29 is 9.59 Å². The van der Waals surface area contributed by atoms with Gasteiger partial charge in [0.25, 0.3) is 0 Å². The van der Waals surface area contributed by atoms with E-state index in [0.717, 1.165) is 5.56 Å². The normalized spacial score (nSPS) is 21.7. The third-order valence-electron chi connectivity index (χ3n) is 3.01. The number of carbonyl (C=O) groups excluding carboxylic acids is 2. The number of hydrogen-bond acceptors (Lipinski definition) is 5. The number of amides is 2. The van der Waals surface area contributed by atoms with E-state index in [4.69, 9.17) is 5.73 Å². The van der Waals surface area contributed by atoms with Crippen LogP contribution >= 0.6 is 0 Å². The fourth-order valence-electron chi connectivity index (χ4n) is 1.87. The van der Waals surface area contributed by atoms with Gasteiger partial charge in [0, 0.05) is 12.2 Å². The molecule has 6 heteroatoms. The first kappa shape index (κ1) is 12.5. The Hall–Kier alpha value is -1.95. The summed E-state index contributed by atoms with van der Waals surface area (Å²) < 4.78 is 0. The Bertz CT molecular complexity index is 487. The second kappa shape index (κ2) is 4.73. The van der Waals surface area contributed by atoms with Crippen LogP contribution in [-0.2, 0) is 9.59 Å². The quantitative estimate of drug-likeness (QED) is 0.716. The van der Waals surface area contributed by atoms with Crippen molar-refractivity contribution in [2.24, 2.45) is 5.73 Å². The van der Waals surface area contributed by atoms with Crippen LogP contribution in [0.25, 0.3) is 0 Å². The topological polar surface area (TPSA) is 88.3 Å². The van der Waals surface area contributed by atoms with Crippen LogP contribution in [0.4, 0.5) is 5.82 Å². The molecule has 0 saturated carbocycles. The molecule has 1 fully saturated rings. The Morgan fingerprint density at radius 3 is 2.94 bits per heavy atom. The SMILES string of the molecule is CC(N)c1ccnc(N2CC(=O)NC(=O)C2C)c1. The van der Waals surface area contributed by atoms with Gasteiger partial charge in [-0.3, -0.25) is 14.9 Å². The van der Waals surface area contributed by atoms with Crippen molar-refractivity contribution in [3.05, 3.63) is 23.9 Å². The second-order valence-electron chi connectivity index (χ2n) is 4.45. The lowest BCUT2D eigenvalue weighted by atomic mass is 10.1. The van der Waals surface area contributed by atoms with Gasteiger partial charge in [-0.15, -0.1) is 0 Å². The highest BCUT2D eigenvalue weighted by Crippen LogP contribution is 2.20. The van der Waals surface area contributed by atoms with E-state index < -0.39 is 6.04 Å². The molecule has 1 aromatic heterocycles. The number of hydrogen-bond donors (Lipinski definition) is 2. The largest absolute Gasteiger partial charge is 0.336 e. The fourth-order valence-corrected chi connectivity index (χ4v) is 1.87. The number of carbonyl (C=O) groups is 2. The Labute approximate surface area is 105 Å². The van der Waals surface area contributed by atoms with Gasteiger partial charge in [0.05, 0.1) is 6.54 Å². The molecule has 2 rings (SSSR count). The van der Waals surface area contributed by atoms with Gasteiger partial charge in [-0.1, -0.05) is 0 Å². The molecular formula is C12H16N4O2. The maximum atomic E-state index is 11.6. The summed E-state index contributed by atoms with van der Waals surface area (Å²) in [4.78, 5) is 28.9. The number of nitrogens with zero attached hydrogens (tertiary/aromatic N) is 2. The van der Waals surface area contributed by atoms with Gasteiger partial charge in [0.1, 0.15) is 11.9 Å². The summed E-state index contributed by atoms with van der Waals surface area (Å²) in [6, 6.07) is 3.10. The van der Waals surface area contributed by atoms with E-state index in [2.05, 4.69) is 10.3 Å². The van der Waals surface area contributed by atoms with Gasteiger partial charge in [0.2, 0.25) is 11.8 Å². The highest BCUT2D eigenvalue weighted by Gasteiger charge is 2.31. The summed E-state index contributed by atoms with van der Waals surface area (Å²) in [6.45, 7) is 3.74. The number of aromatic nitrogens is 1. The number of nitrogens with two attached hydrogens (primary N) is 1. The lowest BCUT2D eigenvalue weighted by molar-refractivity contribution is -0.132. The monoisotopic (exact) mass is 248 g/mol. The van der Waals surface area contributed by atoms with Gasteiger partial charge in [-0.05, 0) is 31.5 Å². The van der Waals surface area contributed by atoms with Crippen LogP contribution in [0, 0.1) is 0 Å². The average molecular weight is 248 g/mol. The van der Waals surface area contributed by atoms with Crippen molar-refractivity contribution in [2.75, 3.05) is 11.4 Å². The molecule has 0 spiro atoms. The van der Waals surface area contributed by atoms with E-state index in [1.165, 1.54) is 0 Å². The van der Waals surface area contributed by atoms with E-state index in [1.807, 2.05) is 19.1 Å². The van der Waals surface area contributed by atoms with Crippen LogP contribution in [0.2, 0.25) is 0 Å². The molecule has 3 N–H and O–H groups in total. The molecule has 1 saturated heterocycles. The van der Waals surface area contributed by atoms with Crippen LogP contribution < -0.4 is 16.0 Å². The Morgan fingerprint density at radius 1 is 1.56 bits per heavy atom. The highest BCUT2D eigenvalue weighted by molar-refractivity contribution is 6.04. The van der Waals surface area contributed by atoms with Crippen molar-refractivity contribution >= 4 is 17.6 Å². The minimum atomic E-state index is -0.418. The van der Waals surface area contributed by atoms with Gasteiger partial charge in [-0.25, -0.2) is 4.98 Å². The van der Waals surface area contributed by atoms with E-state index in [1.54, 1.807) is 18.0 Å². The molecule has 96 valence electrons. The maximum absolute atomic E-state index is 11.6. The third-order valence-corrected chi connectivity index (χ3v) is 3.01. The molecular weight excluding hydrogens is 232 g/mol. The van der Waals surface area contributed by atoms with Gasteiger partial charge in [0.15, 0.2) is 0 Å². The summed E-state index contributed by atoms with van der Waals surface area (Å²) in [5.74, 6) is -0.0224. The molecule has 0 bridgehead atoms. The van der Waals surface area contributed by atoms with Gasteiger partial charge >= 0.3 is 0 Å². The molecule has 2 atom stereocenters. The zero-order valence-electron chi connectivity index (χ0n) is 10.4. The fraction of sp³-hybridized carbons (Fsp3) is 0.417. The summed E-state index contributed by atoms with van der Waals surface area (Å²) in [5, 5.41) is 2.29. The first-order valence-corrected chi connectivity index (χ1v) is 5.81. The zero-order chi connectivity index (χ0) is 13.3. The summed E-state index contributed by atoms with van der Waals surface area (Å²) in [6.07, 6.45) is 1.64. The summed E-state index contributed by atoms with van der Waals surface area (Å²) in [7, 11) is 0. The Morgan fingerprint density at radius 2 is 2.28 bits per heavy atom. The molecule has 18 heavy (non-hydrogen) atoms. The number of piperazine rings is 1. The predicted molar refractivity (Wildman–Crippen MR) is 66.8 cm³/mol. The van der Waals surface area contributed by atoms with Crippen LogP contribution in [0.5, 0.6) is 0 Å². The molecule has 1 aliphatic rings. The van der Waals surface area contributed by atoms with Crippen LogP contribution in [0.3, 0.4) is 0 Å². The first-order valence-electron chi connectivity index (χ1n) is 5.81. The molecule has 6 nitrogen and oxygen atoms in total. The molecule has 0 aliphatic carbocycles. The van der Waals surface area contributed by atoms with Crippen molar-refractivity contribution in [1.82, 2.24) is 10.3 Å². The Balaban J connectivity index is 2.32. The molecule has 0 aromatic carbocycles. The van der Waals surface area contributed by atoms with Crippen LogP contribution in [-0.4, -0.2) is 29.4 Å². The van der Waals surface area contributed by atoms with Crippen molar-refractivity contribution in [3.63, 3.8) is 0 Å². The minimum absolute atomic E-state index is 0.114. The first-order chi connectivity index (χ1) is 8.49. The third kappa shape index (κ3) is 2.33. The summed E-state index contributed by atoms with van der Waals surface area (Å²) >= 11 is 0. The van der Waals surface area contributed by atoms with Gasteiger partial charge in [-0.2, -0.15) is 0 Å². The molecule has 2 unspecified atom stereocenters. The maximum Gasteiger partial charge on any atom is 0.249 e. The zero-order valence-corrected chi connectivity index (χ0v) is 10.4. The molecule has 1 aromatic rings. The lowest BCUT2D eigenvalue weighted by Gasteiger charge is -2.32. The van der Waals surface area contributed by atoms with E-state index in [-0.39, 0.29) is 24.4 Å². The number of pyridine rings is 1. The second-order valence-corrected chi connectivity index (χ2v) is 4.45. The highest BCUT2D eigenvalue weighted by atomic mass is 16.2. The standard InChI is InChI=1S/C12H16N4O2/c1-7(13)9-3-4-14-10(5-9)16-6-11(17)15-12(18)8(16)2/h3-5,7-8H,6,13H2,1-2H3,(H,15,17,18). The van der Waals surface area contributed by atoms with Gasteiger partial charge < -0.3 is 10.6 Å². The minimum Gasteiger partial charge on any atom is -0.336 e. The molecule has 2 heterocycles. The Kier molecular flexibility index (Phi) is 3.29. The van der Waals surface area contributed by atoms with Crippen molar-refractivity contribution in [1.29, 1.82) is 0 Å². The van der Waals surface area contributed by atoms with E-state index >= 15 is 0 Å². The number of imide groups is 1.